The van der Waals surface area contributed by atoms with Crippen LogP contribution in [0.1, 0.15) is 29.0 Å². The highest BCUT2D eigenvalue weighted by atomic mass is 32.1. The van der Waals surface area contributed by atoms with E-state index >= 15 is 0 Å². The van der Waals surface area contributed by atoms with Crippen LogP contribution < -0.4 is 24.9 Å². The number of methoxy groups -OCH3 is 1. The summed E-state index contributed by atoms with van der Waals surface area (Å²) in [6.07, 6.45) is 1.62. The summed E-state index contributed by atoms with van der Waals surface area (Å²) in [6.45, 7) is 3.72. The largest absolute Gasteiger partial charge is 0.504 e. The Bertz CT molecular complexity index is 1680. The molecule has 7 nitrogen and oxygen atoms in total. The Morgan fingerprint density at radius 2 is 1.94 bits per heavy atom. The van der Waals surface area contributed by atoms with Crippen molar-refractivity contribution in [2.24, 2.45) is 4.99 Å². The molecule has 0 fully saturated rings. The van der Waals surface area contributed by atoms with Crippen LogP contribution in [0.2, 0.25) is 0 Å². The molecule has 9 heteroatoms. The summed E-state index contributed by atoms with van der Waals surface area (Å²) >= 11 is 2.70. The zero-order valence-electron chi connectivity index (χ0n) is 19.8. The minimum atomic E-state index is -0.619. The number of amides is 1. The van der Waals surface area contributed by atoms with Gasteiger partial charge in [0, 0.05) is 16.1 Å². The van der Waals surface area contributed by atoms with Gasteiger partial charge in [-0.25, -0.2) is 4.99 Å². The van der Waals surface area contributed by atoms with Gasteiger partial charge < -0.3 is 15.2 Å². The third-order valence-electron chi connectivity index (χ3n) is 6.01. The second kappa shape index (κ2) is 9.60. The standard InChI is InChI=1S/C27H23N3O4S2/c1-15-8-4-5-10-18(15)29-25(32)22-16(2)28-27-30(23(22)20-12-7-13-35-20)26(33)21(36-27)14-17-9-6-11-19(34-3)24(17)31/h4-14,23,31H,1-3H3,(H,29,32)/b21-14+. The Morgan fingerprint density at radius 1 is 1.14 bits per heavy atom. The molecule has 182 valence electrons. The Morgan fingerprint density at radius 3 is 2.67 bits per heavy atom. The molecule has 1 aliphatic heterocycles. The summed E-state index contributed by atoms with van der Waals surface area (Å²) in [5.74, 6) is -0.0298. The lowest BCUT2D eigenvalue weighted by Crippen LogP contribution is -2.40. The van der Waals surface area contributed by atoms with E-state index in [-0.39, 0.29) is 17.2 Å². The molecule has 0 aliphatic carbocycles. The number of aryl methyl sites for hydroxylation is 1. The fourth-order valence-corrected chi connectivity index (χ4v) is 6.05. The maximum absolute atomic E-state index is 13.7. The minimum absolute atomic E-state index is 0.0462. The highest BCUT2D eigenvalue weighted by Gasteiger charge is 2.33. The Kier molecular flexibility index (Phi) is 6.34. The molecule has 1 unspecified atom stereocenters. The van der Waals surface area contributed by atoms with Crippen molar-refractivity contribution in [2.75, 3.05) is 12.4 Å². The first-order valence-electron chi connectivity index (χ1n) is 11.2. The highest BCUT2D eigenvalue weighted by molar-refractivity contribution is 7.10. The van der Waals surface area contributed by atoms with Crippen molar-refractivity contribution in [3.05, 3.63) is 107 Å². The summed E-state index contributed by atoms with van der Waals surface area (Å²) < 4.78 is 7.16. The molecule has 3 heterocycles. The van der Waals surface area contributed by atoms with Gasteiger partial charge in [0.15, 0.2) is 16.3 Å². The first-order valence-corrected chi connectivity index (χ1v) is 12.9. The molecule has 2 aromatic heterocycles. The normalized spacial score (nSPS) is 15.4. The van der Waals surface area contributed by atoms with Crippen molar-refractivity contribution >= 4 is 40.3 Å². The molecule has 1 atom stereocenters. The van der Waals surface area contributed by atoms with Crippen molar-refractivity contribution in [3.63, 3.8) is 0 Å². The van der Waals surface area contributed by atoms with Gasteiger partial charge in [0.25, 0.3) is 11.5 Å². The number of allylic oxidation sites excluding steroid dienone is 1. The van der Waals surface area contributed by atoms with Crippen LogP contribution >= 0.6 is 22.7 Å². The predicted molar refractivity (Wildman–Crippen MR) is 143 cm³/mol. The number of aromatic hydroxyl groups is 1. The smallest absolute Gasteiger partial charge is 0.271 e. The van der Waals surface area contributed by atoms with E-state index in [9.17, 15) is 14.7 Å². The highest BCUT2D eigenvalue weighted by Crippen LogP contribution is 2.34. The second-order valence-electron chi connectivity index (χ2n) is 8.26. The zero-order chi connectivity index (χ0) is 25.4. The second-order valence-corrected chi connectivity index (χ2v) is 10.3. The molecule has 0 radical (unpaired) electrons. The number of anilines is 1. The van der Waals surface area contributed by atoms with Crippen molar-refractivity contribution < 1.29 is 14.6 Å². The van der Waals surface area contributed by atoms with E-state index in [0.29, 0.717) is 37.6 Å². The monoisotopic (exact) mass is 517 g/mol. The topological polar surface area (TPSA) is 92.9 Å². The summed E-state index contributed by atoms with van der Waals surface area (Å²) in [4.78, 5) is 33.3. The molecule has 1 aliphatic rings. The fraction of sp³-hybridized carbons (Fsp3) is 0.148. The van der Waals surface area contributed by atoms with Crippen LogP contribution in [0.15, 0.2) is 81.0 Å². The Labute approximate surface area is 215 Å². The van der Waals surface area contributed by atoms with Gasteiger partial charge in [0.05, 0.1) is 22.9 Å². The zero-order valence-corrected chi connectivity index (χ0v) is 21.4. The molecule has 0 saturated heterocycles. The third kappa shape index (κ3) is 4.16. The first kappa shape index (κ1) is 23.8. The predicted octanol–water partition coefficient (Wildman–Crippen LogP) is 3.96. The van der Waals surface area contributed by atoms with Crippen LogP contribution in [-0.2, 0) is 4.79 Å². The van der Waals surface area contributed by atoms with Gasteiger partial charge in [-0.2, -0.15) is 0 Å². The number of fused-ring (bicyclic) bond motifs is 1. The number of hydrogen-bond donors (Lipinski definition) is 2. The van der Waals surface area contributed by atoms with Crippen molar-refractivity contribution in [3.8, 4) is 11.5 Å². The number of thiazole rings is 1. The Hall–Kier alpha value is -3.95. The van der Waals surface area contributed by atoms with Crippen LogP contribution in [0.25, 0.3) is 6.08 Å². The maximum Gasteiger partial charge on any atom is 0.271 e. The van der Waals surface area contributed by atoms with Crippen molar-refractivity contribution in [1.29, 1.82) is 0 Å². The van der Waals surface area contributed by atoms with Crippen LogP contribution in [0.5, 0.6) is 11.5 Å². The summed E-state index contributed by atoms with van der Waals surface area (Å²) in [6, 6.07) is 15.8. The molecule has 0 bridgehead atoms. The lowest BCUT2D eigenvalue weighted by molar-refractivity contribution is -0.113. The number of aromatic nitrogens is 1. The number of rotatable bonds is 5. The van der Waals surface area contributed by atoms with Gasteiger partial charge in [0.2, 0.25) is 0 Å². The van der Waals surface area contributed by atoms with E-state index in [0.717, 1.165) is 10.4 Å². The number of nitrogens with one attached hydrogen (secondary N) is 1. The van der Waals surface area contributed by atoms with E-state index in [4.69, 9.17) is 4.74 Å². The number of hydrogen-bond acceptors (Lipinski definition) is 7. The number of nitrogens with zero attached hydrogens (tertiary/aromatic N) is 2. The average Bonchev–Trinajstić information content (AvgIpc) is 3.49. The number of para-hydroxylation sites is 2. The third-order valence-corrected chi connectivity index (χ3v) is 7.92. The van der Waals surface area contributed by atoms with Gasteiger partial charge in [0.1, 0.15) is 6.04 Å². The maximum atomic E-state index is 13.7. The molecule has 0 spiro atoms. The number of benzene rings is 2. The van der Waals surface area contributed by atoms with Crippen molar-refractivity contribution in [2.45, 2.75) is 19.9 Å². The molecular weight excluding hydrogens is 494 g/mol. The summed E-state index contributed by atoms with van der Waals surface area (Å²) in [7, 11) is 1.47. The molecule has 5 rings (SSSR count). The first-order chi connectivity index (χ1) is 17.4. The number of ether oxygens (including phenoxy) is 1. The Balaban J connectivity index is 1.66. The van der Waals surface area contributed by atoms with Gasteiger partial charge >= 0.3 is 0 Å². The molecule has 0 saturated carbocycles. The van der Waals surface area contributed by atoms with Gasteiger partial charge in [-0.15, -0.1) is 11.3 Å². The van der Waals surface area contributed by atoms with E-state index in [1.807, 2.05) is 48.7 Å². The molecule has 2 aromatic carbocycles. The average molecular weight is 518 g/mol. The summed E-state index contributed by atoms with van der Waals surface area (Å²) in [5.41, 5.74) is 2.79. The van der Waals surface area contributed by atoms with E-state index in [1.165, 1.54) is 29.8 Å². The number of phenols is 1. The van der Waals surface area contributed by atoms with Gasteiger partial charge in [-0.3, -0.25) is 14.2 Å². The van der Waals surface area contributed by atoms with Crippen LogP contribution in [0.3, 0.4) is 0 Å². The van der Waals surface area contributed by atoms with E-state index in [2.05, 4.69) is 10.3 Å². The van der Waals surface area contributed by atoms with Gasteiger partial charge in [-0.05, 0) is 49.1 Å². The number of carbonyl (C=O) groups is 1. The lowest BCUT2D eigenvalue weighted by atomic mass is 10.0. The van der Waals surface area contributed by atoms with Gasteiger partial charge in [-0.1, -0.05) is 47.7 Å². The molecule has 1 amide bonds. The molecule has 4 aromatic rings. The molecule has 2 N–H and O–H groups in total. The number of carbonyl (C=O) groups excluding carboxylic acids is 1. The number of phenolic OH excluding ortho intramolecular Hbond substituents is 1. The lowest BCUT2D eigenvalue weighted by Gasteiger charge is -2.24. The van der Waals surface area contributed by atoms with E-state index in [1.54, 1.807) is 35.8 Å². The van der Waals surface area contributed by atoms with Crippen molar-refractivity contribution in [1.82, 2.24) is 4.57 Å². The quantitative estimate of drug-likeness (QED) is 0.419. The number of thiophene rings is 1. The van der Waals surface area contributed by atoms with Crippen LogP contribution in [0.4, 0.5) is 5.69 Å². The molecule has 36 heavy (non-hydrogen) atoms. The fourth-order valence-electron chi connectivity index (χ4n) is 4.19. The van der Waals surface area contributed by atoms with Crippen LogP contribution in [0, 0.1) is 6.92 Å². The van der Waals surface area contributed by atoms with Crippen LogP contribution in [-0.4, -0.2) is 22.7 Å². The molecular formula is C27H23N3O4S2. The SMILES string of the molecule is COc1cccc(/C=c2/sc3n(c2=O)C(c2cccs2)C(C(=O)Nc2ccccc2C)=C(C)N=3)c1O. The summed E-state index contributed by atoms with van der Waals surface area (Å²) in [5, 5.41) is 15.4. The minimum Gasteiger partial charge on any atom is -0.504 e. The van der Waals surface area contributed by atoms with E-state index < -0.39 is 6.04 Å².